The lowest BCUT2D eigenvalue weighted by atomic mass is 9.89. The predicted molar refractivity (Wildman–Crippen MR) is 63.0 cm³/mol. The van der Waals surface area contributed by atoms with Gasteiger partial charge >= 0.3 is 0 Å². The van der Waals surface area contributed by atoms with Crippen LogP contribution in [0.4, 0.5) is 0 Å². The van der Waals surface area contributed by atoms with E-state index in [9.17, 15) is 0 Å². The molecular formula is C14H22O2. The SMILES string of the molecule is C1=CC2CC1CC2CCCCC1OCCO1. The number of fused-ring (bicyclic) bond motifs is 2. The average molecular weight is 222 g/mol. The number of hydrogen-bond donors (Lipinski definition) is 0. The van der Waals surface area contributed by atoms with E-state index in [0.29, 0.717) is 0 Å². The first-order valence-electron chi connectivity index (χ1n) is 6.83. The first-order valence-corrected chi connectivity index (χ1v) is 6.83. The van der Waals surface area contributed by atoms with Gasteiger partial charge in [0.2, 0.25) is 0 Å². The summed E-state index contributed by atoms with van der Waals surface area (Å²) in [5, 5.41) is 0. The molecule has 2 nitrogen and oxygen atoms in total. The molecular weight excluding hydrogens is 200 g/mol. The molecule has 1 heterocycles. The van der Waals surface area contributed by atoms with Crippen LogP contribution in [-0.2, 0) is 9.47 Å². The monoisotopic (exact) mass is 222 g/mol. The van der Waals surface area contributed by atoms with Crippen LogP contribution in [0.1, 0.15) is 38.5 Å². The normalized spacial score (nSPS) is 37.6. The van der Waals surface area contributed by atoms with Gasteiger partial charge in [-0.25, -0.2) is 0 Å². The van der Waals surface area contributed by atoms with Crippen molar-refractivity contribution in [2.75, 3.05) is 13.2 Å². The van der Waals surface area contributed by atoms with Crippen molar-refractivity contribution in [3.63, 3.8) is 0 Å². The summed E-state index contributed by atoms with van der Waals surface area (Å²) >= 11 is 0. The minimum atomic E-state index is 0.111. The van der Waals surface area contributed by atoms with Crippen molar-refractivity contribution < 1.29 is 9.47 Å². The maximum Gasteiger partial charge on any atom is 0.157 e. The quantitative estimate of drug-likeness (QED) is 0.525. The summed E-state index contributed by atoms with van der Waals surface area (Å²) in [6, 6.07) is 0. The topological polar surface area (TPSA) is 18.5 Å². The van der Waals surface area contributed by atoms with Crippen LogP contribution in [0.5, 0.6) is 0 Å². The Morgan fingerprint density at radius 1 is 0.938 bits per heavy atom. The van der Waals surface area contributed by atoms with E-state index in [0.717, 1.165) is 37.4 Å². The van der Waals surface area contributed by atoms with Crippen LogP contribution in [-0.4, -0.2) is 19.5 Å². The molecule has 1 saturated heterocycles. The first-order chi connectivity index (χ1) is 7.92. The van der Waals surface area contributed by atoms with Crippen LogP contribution in [0, 0.1) is 17.8 Å². The fraction of sp³-hybridized carbons (Fsp3) is 0.857. The highest BCUT2D eigenvalue weighted by Gasteiger charge is 2.34. The van der Waals surface area contributed by atoms with Crippen molar-refractivity contribution in [2.24, 2.45) is 17.8 Å². The fourth-order valence-electron chi connectivity index (χ4n) is 3.52. The van der Waals surface area contributed by atoms with Gasteiger partial charge in [0.15, 0.2) is 6.29 Å². The highest BCUT2D eigenvalue weighted by molar-refractivity contribution is 5.09. The van der Waals surface area contributed by atoms with Crippen LogP contribution in [0.15, 0.2) is 12.2 Å². The zero-order valence-electron chi connectivity index (χ0n) is 9.94. The van der Waals surface area contributed by atoms with Crippen molar-refractivity contribution in [2.45, 2.75) is 44.8 Å². The second-order valence-electron chi connectivity index (χ2n) is 5.50. The second-order valence-corrected chi connectivity index (χ2v) is 5.50. The smallest absolute Gasteiger partial charge is 0.157 e. The third kappa shape index (κ3) is 2.33. The maximum atomic E-state index is 5.44. The molecule has 1 aliphatic heterocycles. The molecule has 2 bridgehead atoms. The summed E-state index contributed by atoms with van der Waals surface area (Å²) in [5.74, 6) is 2.83. The molecule has 2 aliphatic carbocycles. The number of allylic oxidation sites excluding steroid dienone is 2. The van der Waals surface area contributed by atoms with Crippen molar-refractivity contribution in [1.29, 1.82) is 0 Å². The predicted octanol–water partition coefficient (Wildman–Crippen LogP) is 3.13. The van der Waals surface area contributed by atoms with E-state index in [-0.39, 0.29) is 6.29 Å². The Bertz CT molecular complexity index is 255. The summed E-state index contributed by atoms with van der Waals surface area (Å²) in [5.41, 5.74) is 0. The molecule has 0 spiro atoms. The highest BCUT2D eigenvalue weighted by Crippen LogP contribution is 2.45. The van der Waals surface area contributed by atoms with E-state index in [4.69, 9.17) is 9.47 Å². The van der Waals surface area contributed by atoms with Gasteiger partial charge in [-0.05, 0) is 49.9 Å². The molecule has 0 aromatic rings. The molecule has 0 aromatic heterocycles. The third-order valence-electron chi connectivity index (χ3n) is 4.37. The van der Waals surface area contributed by atoms with E-state index in [1.54, 1.807) is 0 Å². The van der Waals surface area contributed by atoms with E-state index in [1.807, 2.05) is 0 Å². The number of ether oxygens (including phenoxy) is 2. The molecule has 0 radical (unpaired) electrons. The van der Waals surface area contributed by atoms with Gasteiger partial charge < -0.3 is 9.47 Å². The maximum absolute atomic E-state index is 5.44. The van der Waals surface area contributed by atoms with Crippen LogP contribution in [0.25, 0.3) is 0 Å². The third-order valence-corrected chi connectivity index (χ3v) is 4.37. The summed E-state index contributed by atoms with van der Waals surface area (Å²) < 4.78 is 10.9. The van der Waals surface area contributed by atoms with Gasteiger partial charge in [0.05, 0.1) is 13.2 Å². The zero-order chi connectivity index (χ0) is 10.8. The molecule has 0 N–H and O–H groups in total. The molecule has 3 unspecified atom stereocenters. The van der Waals surface area contributed by atoms with E-state index in [1.165, 1.54) is 32.1 Å². The number of unbranched alkanes of at least 4 members (excludes halogenated alkanes) is 1. The summed E-state index contributed by atoms with van der Waals surface area (Å²) in [6.45, 7) is 1.59. The Kier molecular flexibility index (Phi) is 3.30. The summed E-state index contributed by atoms with van der Waals surface area (Å²) in [7, 11) is 0. The fourth-order valence-corrected chi connectivity index (χ4v) is 3.52. The molecule has 2 heteroatoms. The molecule has 2 fully saturated rings. The zero-order valence-corrected chi connectivity index (χ0v) is 9.94. The van der Waals surface area contributed by atoms with Gasteiger partial charge in [-0.15, -0.1) is 0 Å². The van der Waals surface area contributed by atoms with Crippen molar-refractivity contribution in [3.05, 3.63) is 12.2 Å². The molecule has 3 rings (SSSR count). The highest BCUT2D eigenvalue weighted by atomic mass is 16.7. The van der Waals surface area contributed by atoms with E-state index >= 15 is 0 Å². The molecule has 0 aromatic carbocycles. The Labute approximate surface area is 98.0 Å². The van der Waals surface area contributed by atoms with Gasteiger partial charge in [-0.3, -0.25) is 0 Å². The summed E-state index contributed by atoms with van der Waals surface area (Å²) in [4.78, 5) is 0. The second kappa shape index (κ2) is 4.89. The standard InChI is InChI=1S/C14H22O2/c1(2-4-14-15-7-8-16-14)3-12-9-11-5-6-13(12)10-11/h5-6,11-14H,1-4,7-10H2. The molecule has 0 amide bonds. The van der Waals surface area contributed by atoms with Gasteiger partial charge in [0.25, 0.3) is 0 Å². The van der Waals surface area contributed by atoms with E-state index in [2.05, 4.69) is 12.2 Å². The first kappa shape index (κ1) is 10.8. The molecule has 3 atom stereocenters. The lowest BCUT2D eigenvalue weighted by Crippen LogP contribution is -2.09. The lowest BCUT2D eigenvalue weighted by molar-refractivity contribution is -0.0481. The minimum absolute atomic E-state index is 0.111. The van der Waals surface area contributed by atoms with Crippen LogP contribution in [0.3, 0.4) is 0 Å². The molecule has 3 aliphatic rings. The Balaban J connectivity index is 1.30. The Morgan fingerprint density at radius 2 is 1.75 bits per heavy atom. The summed E-state index contributed by atoms with van der Waals surface area (Å²) in [6.07, 6.45) is 13.0. The van der Waals surface area contributed by atoms with Crippen LogP contribution >= 0.6 is 0 Å². The lowest BCUT2D eigenvalue weighted by Gasteiger charge is -2.18. The van der Waals surface area contributed by atoms with Crippen molar-refractivity contribution in [1.82, 2.24) is 0 Å². The Morgan fingerprint density at radius 3 is 2.44 bits per heavy atom. The molecule has 90 valence electrons. The van der Waals surface area contributed by atoms with Crippen molar-refractivity contribution >= 4 is 0 Å². The van der Waals surface area contributed by atoms with Crippen molar-refractivity contribution in [3.8, 4) is 0 Å². The number of rotatable bonds is 5. The van der Waals surface area contributed by atoms with Crippen LogP contribution in [0.2, 0.25) is 0 Å². The molecule has 16 heavy (non-hydrogen) atoms. The molecule has 1 saturated carbocycles. The average Bonchev–Trinajstić information content (AvgIpc) is 3.01. The Hall–Kier alpha value is -0.340. The van der Waals surface area contributed by atoms with Crippen LogP contribution < -0.4 is 0 Å². The van der Waals surface area contributed by atoms with E-state index < -0.39 is 0 Å². The van der Waals surface area contributed by atoms with Gasteiger partial charge in [0, 0.05) is 0 Å². The van der Waals surface area contributed by atoms with Gasteiger partial charge in [0.1, 0.15) is 0 Å². The largest absolute Gasteiger partial charge is 0.350 e. The van der Waals surface area contributed by atoms with Gasteiger partial charge in [-0.1, -0.05) is 18.6 Å². The number of hydrogen-bond acceptors (Lipinski definition) is 2. The minimum Gasteiger partial charge on any atom is -0.350 e. The van der Waals surface area contributed by atoms with Gasteiger partial charge in [-0.2, -0.15) is 0 Å².